The van der Waals surface area contributed by atoms with E-state index in [-0.39, 0.29) is 15.6 Å². The molecule has 0 aliphatic rings. The highest BCUT2D eigenvalue weighted by Gasteiger charge is 2.36. The summed E-state index contributed by atoms with van der Waals surface area (Å²) < 4.78 is 24.9. The van der Waals surface area contributed by atoms with E-state index in [9.17, 15) is 8.78 Å². The molecule has 0 spiro atoms. The van der Waals surface area contributed by atoms with E-state index in [1.165, 1.54) is 12.1 Å². The fourth-order valence-corrected chi connectivity index (χ4v) is 1.30. The monoisotopic (exact) mass is 260 g/mol. The van der Waals surface area contributed by atoms with Crippen LogP contribution in [0.4, 0.5) is 8.78 Å². The second-order valence-electron chi connectivity index (χ2n) is 2.62. The third-order valence-corrected chi connectivity index (χ3v) is 2.52. The summed E-state index contributed by atoms with van der Waals surface area (Å²) in [6.45, 7) is 0. The molecule has 0 bridgehead atoms. The Hall–Kier alpha value is -0.0900. The molecule has 14 heavy (non-hydrogen) atoms. The van der Waals surface area contributed by atoms with Gasteiger partial charge in [-0.15, -0.1) is 0 Å². The molecule has 1 aromatic carbocycles. The van der Waals surface area contributed by atoms with E-state index in [0.717, 1.165) is 6.07 Å². The average Bonchev–Trinajstić information content (AvgIpc) is 2.07. The quantitative estimate of drug-likeness (QED) is 0.802. The summed E-state index contributed by atoms with van der Waals surface area (Å²) in [5.41, 5.74) is -0.0839. The van der Waals surface area contributed by atoms with E-state index in [1.54, 1.807) is 0 Å². The predicted molar refractivity (Wildman–Crippen MR) is 52.2 cm³/mol. The van der Waals surface area contributed by atoms with E-state index in [2.05, 4.69) is 11.6 Å². The number of hydrogen-bond acceptors (Lipinski definition) is 1. The van der Waals surface area contributed by atoms with Crippen LogP contribution in [-0.2, 0) is 0 Å². The molecule has 1 atom stereocenters. The second kappa shape index (κ2) is 4.19. The Kier molecular flexibility index (Phi) is 3.58. The van der Waals surface area contributed by atoms with Crippen molar-refractivity contribution in [1.29, 1.82) is 0 Å². The van der Waals surface area contributed by atoms with Crippen molar-refractivity contribution in [2.24, 2.45) is 0 Å². The minimum absolute atomic E-state index is 0.0839. The van der Waals surface area contributed by atoms with Gasteiger partial charge in [-0.1, -0.05) is 29.3 Å². The van der Waals surface area contributed by atoms with E-state index < -0.39 is 11.5 Å². The first-order chi connectivity index (χ1) is 6.32. The van der Waals surface area contributed by atoms with Gasteiger partial charge in [0.1, 0.15) is 0 Å². The molecular formula is C8H5Cl3F2O. The molecule has 0 fully saturated rings. The molecule has 0 saturated heterocycles. The van der Waals surface area contributed by atoms with Gasteiger partial charge in [0.25, 0.3) is 0 Å². The molecule has 1 rings (SSSR count). The van der Waals surface area contributed by atoms with Gasteiger partial charge in [-0.3, -0.25) is 0 Å². The molecule has 0 aromatic heterocycles. The van der Waals surface area contributed by atoms with Crippen molar-refractivity contribution in [3.05, 3.63) is 33.8 Å². The molecule has 1 aromatic rings. The number of hydrogen-bond donors (Lipinski definition) is 1. The summed E-state index contributed by atoms with van der Waals surface area (Å²) in [5, 5.41) is 5.67. The van der Waals surface area contributed by atoms with Crippen molar-refractivity contribution in [2.45, 2.75) is 11.5 Å². The van der Waals surface area contributed by atoms with Crippen LogP contribution in [-0.4, -0.2) is 10.5 Å². The third kappa shape index (κ3) is 2.70. The van der Waals surface area contributed by atoms with Crippen LogP contribution in [0.3, 0.4) is 0 Å². The maximum absolute atomic E-state index is 12.5. The minimum Gasteiger partial charge on any atom is -0.381 e. The summed E-state index contributed by atoms with van der Waals surface area (Å²) in [6, 6.07) is 3.69. The molecule has 1 unspecified atom stereocenters. The summed E-state index contributed by atoms with van der Waals surface area (Å²) in [5.74, 6) is 0. The Bertz CT molecular complexity index is 338. The predicted octanol–water partition coefficient (Wildman–Crippen LogP) is 3.86. The highest BCUT2D eigenvalue weighted by molar-refractivity contribution is 6.42. The number of rotatable bonds is 2. The average molecular weight is 261 g/mol. The van der Waals surface area contributed by atoms with Crippen molar-refractivity contribution >= 4 is 34.8 Å². The van der Waals surface area contributed by atoms with Gasteiger partial charge in [0.05, 0.1) is 10.0 Å². The van der Waals surface area contributed by atoms with Gasteiger partial charge in [0.15, 0.2) is 6.10 Å². The maximum atomic E-state index is 12.5. The lowest BCUT2D eigenvalue weighted by atomic mass is 10.1. The van der Waals surface area contributed by atoms with Crippen molar-refractivity contribution in [3.8, 4) is 0 Å². The fourth-order valence-electron chi connectivity index (χ4n) is 0.871. The normalized spacial score (nSPS) is 14.1. The standard InChI is InChI=1S/C8H5Cl3F2O/c9-5-2-1-4(3-6(5)10)7(14)8(11,12)13/h1-3,7,14H. The van der Waals surface area contributed by atoms with Gasteiger partial charge < -0.3 is 5.11 Å². The van der Waals surface area contributed by atoms with Gasteiger partial charge in [-0.25, -0.2) is 0 Å². The maximum Gasteiger partial charge on any atom is 0.351 e. The molecule has 1 nitrogen and oxygen atoms in total. The molecule has 0 radical (unpaired) electrons. The summed E-state index contributed by atoms with van der Waals surface area (Å²) in [4.78, 5) is 0. The molecule has 0 aliphatic carbocycles. The lowest BCUT2D eigenvalue weighted by Crippen LogP contribution is -2.18. The number of benzene rings is 1. The van der Waals surface area contributed by atoms with Crippen molar-refractivity contribution < 1.29 is 13.9 Å². The van der Waals surface area contributed by atoms with Gasteiger partial charge in [-0.05, 0) is 29.3 Å². The first kappa shape index (κ1) is 12.0. The van der Waals surface area contributed by atoms with Crippen LogP contribution >= 0.6 is 34.8 Å². The van der Waals surface area contributed by atoms with E-state index in [4.69, 9.17) is 28.3 Å². The van der Waals surface area contributed by atoms with E-state index in [0.29, 0.717) is 0 Å². The topological polar surface area (TPSA) is 20.2 Å². The molecule has 0 heterocycles. The molecule has 1 N–H and O–H groups in total. The SMILES string of the molecule is OC(c1ccc(Cl)c(Cl)c1)C(F)(F)Cl. The number of halogens is 5. The molecular weight excluding hydrogens is 256 g/mol. The number of alkyl halides is 3. The van der Waals surface area contributed by atoms with Gasteiger partial charge in [0.2, 0.25) is 0 Å². The Balaban J connectivity index is 3.03. The highest BCUT2D eigenvalue weighted by Crippen LogP contribution is 2.36. The largest absolute Gasteiger partial charge is 0.381 e. The highest BCUT2D eigenvalue weighted by atomic mass is 35.5. The molecule has 0 aliphatic heterocycles. The minimum atomic E-state index is -3.73. The molecule has 78 valence electrons. The van der Waals surface area contributed by atoms with E-state index >= 15 is 0 Å². The number of aliphatic hydroxyl groups is 1. The summed E-state index contributed by atoms with van der Waals surface area (Å²) in [6.07, 6.45) is -2.10. The molecule has 0 amide bonds. The van der Waals surface area contributed by atoms with Crippen LogP contribution in [0.1, 0.15) is 11.7 Å². The lowest BCUT2D eigenvalue weighted by Gasteiger charge is -2.16. The van der Waals surface area contributed by atoms with Crippen LogP contribution in [0.5, 0.6) is 0 Å². The van der Waals surface area contributed by atoms with Crippen LogP contribution in [0, 0.1) is 0 Å². The molecule has 0 saturated carbocycles. The first-order valence-electron chi connectivity index (χ1n) is 3.52. The Morgan fingerprint density at radius 3 is 2.21 bits per heavy atom. The van der Waals surface area contributed by atoms with Gasteiger partial charge in [0, 0.05) is 0 Å². The van der Waals surface area contributed by atoms with Crippen LogP contribution in [0.25, 0.3) is 0 Å². The van der Waals surface area contributed by atoms with Crippen LogP contribution in [0.15, 0.2) is 18.2 Å². The Labute approximate surface area is 94.2 Å². The van der Waals surface area contributed by atoms with Gasteiger partial charge in [-0.2, -0.15) is 8.78 Å². The zero-order valence-electron chi connectivity index (χ0n) is 6.65. The molecule has 6 heteroatoms. The Morgan fingerprint density at radius 2 is 1.79 bits per heavy atom. The zero-order chi connectivity index (χ0) is 10.9. The third-order valence-electron chi connectivity index (χ3n) is 1.57. The number of aliphatic hydroxyl groups excluding tert-OH is 1. The first-order valence-corrected chi connectivity index (χ1v) is 4.65. The second-order valence-corrected chi connectivity index (χ2v) is 3.94. The lowest BCUT2D eigenvalue weighted by molar-refractivity contribution is -0.0424. The zero-order valence-corrected chi connectivity index (χ0v) is 8.91. The summed E-state index contributed by atoms with van der Waals surface area (Å²) in [7, 11) is 0. The smallest absolute Gasteiger partial charge is 0.351 e. The van der Waals surface area contributed by atoms with E-state index in [1.807, 2.05) is 0 Å². The van der Waals surface area contributed by atoms with Crippen molar-refractivity contribution in [1.82, 2.24) is 0 Å². The van der Waals surface area contributed by atoms with Gasteiger partial charge >= 0.3 is 5.38 Å². The van der Waals surface area contributed by atoms with Crippen molar-refractivity contribution in [3.63, 3.8) is 0 Å². The Morgan fingerprint density at radius 1 is 1.21 bits per heavy atom. The van der Waals surface area contributed by atoms with Crippen LogP contribution in [0.2, 0.25) is 10.0 Å². The fraction of sp³-hybridized carbons (Fsp3) is 0.250. The van der Waals surface area contributed by atoms with Crippen molar-refractivity contribution in [2.75, 3.05) is 0 Å². The van der Waals surface area contributed by atoms with Crippen LogP contribution < -0.4 is 0 Å². The summed E-state index contributed by atoms with van der Waals surface area (Å²) >= 11 is 15.8.